The SMILES string of the molecule is Cc1c(CCC(C)CCCC(C)CCCC(C)CCCC(C)C)c(O)c2ccccc2c1O. The van der Waals surface area contributed by atoms with Crippen LogP contribution in [0, 0.1) is 30.6 Å². The molecule has 3 atom stereocenters. The van der Waals surface area contributed by atoms with Crippen LogP contribution in [0.25, 0.3) is 10.8 Å². The fourth-order valence-electron chi connectivity index (χ4n) is 5.21. The van der Waals surface area contributed by atoms with Gasteiger partial charge in [0.1, 0.15) is 11.5 Å². The van der Waals surface area contributed by atoms with Crippen LogP contribution in [0.1, 0.15) is 110 Å². The number of hydrogen-bond acceptors (Lipinski definition) is 2. The Morgan fingerprint density at radius 2 is 1.03 bits per heavy atom. The summed E-state index contributed by atoms with van der Waals surface area (Å²) in [5.41, 5.74) is 1.74. The van der Waals surface area contributed by atoms with Crippen molar-refractivity contribution in [2.45, 2.75) is 112 Å². The number of phenolic OH excluding ortho intramolecular Hbond substituents is 2. The summed E-state index contributed by atoms with van der Waals surface area (Å²) in [5.74, 6) is 3.84. The van der Waals surface area contributed by atoms with E-state index in [9.17, 15) is 10.2 Å². The van der Waals surface area contributed by atoms with E-state index in [0.717, 1.165) is 52.5 Å². The summed E-state index contributed by atoms with van der Waals surface area (Å²) in [4.78, 5) is 0. The monoisotopic (exact) mass is 454 g/mol. The van der Waals surface area contributed by atoms with Gasteiger partial charge in [-0.1, -0.05) is 117 Å². The molecule has 2 aromatic rings. The van der Waals surface area contributed by atoms with E-state index in [0.29, 0.717) is 17.4 Å². The highest BCUT2D eigenvalue weighted by Gasteiger charge is 2.16. The second-order valence-corrected chi connectivity index (χ2v) is 11.4. The third-order valence-corrected chi connectivity index (χ3v) is 7.68. The topological polar surface area (TPSA) is 40.5 Å². The summed E-state index contributed by atoms with van der Waals surface area (Å²) >= 11 is 0. The lowest BCUT2D eigenvalue weighted by Gasteiger charge is -2.18. The Labute approximate surface area is 203 Å². The van der Waals surface area contributed by atoms with Gasteiger partial charge in [0.2, 0.25) is 0 Å². The molecular weight excluding hydrogens is 404 g/mol. The van der Waals surface area contributed by atoms with E-state index in [4.69, 9.17) is 0 Å². The summed E-state index contributed by atoms with van der Waals surface area (Å²) in [7, 11) is 0. The Morgan fingerprint density at radius 3 is 1.52 bits per heavy atom. The minimum absolute atomic E-state index is 0.314. The smallest absolute Gasteiger partial charge is 0.127 e. The molecule has 0 bridgehead atoms. The van der Waals surface area contributed by atoms with Crippen LogP contribution in [0.5, 0.6) is 11.5 Å². The maximum atomic E-state index is 10.8. The zero-order valence-corrected chi connectivity index (χ0v) is 22.3. The predicted octanol–water partition coefficient (Wildman–Crippen LogP) is 9.57. The molecule has 2 N–H and O–H groups in total. The van der Waals surface area contributed by atoms with E-state index in [1.165, 1.54) is 57.8 Å². The van der Waals surface area contributed by atoms with Crippen LogP contribution in [-0.4, -0.2) is 10.2 Å². The molecule has 2 nitrogen and oxygen atoms in total. The van der Waals surface area contributed by atoms with Crippen LogP contribution in [0.3, 0.4) is 0 Å². The van der Waals surface area contributed by atoms with E-state index in [2.05, 4.69) is 34.6 Å². The van der Waals surface area contributed by atoms with Crippen LogP contribution in [0.2, 0.25) is 0 Å². The first-order chi connectivity index (χ1) is 15.7. The molecule has 2 heteroatoms. The predicted molar refractivity (Wildman–Crippen MR) is 144 cm³/mol. The van der Waals surface area contributed by atoms with Gasteiger partial charge in [0, 0.05) is 16.3 Å². The summed E-state index contributed by atoms with van der Waals surface area (Å²) in [5, 5.41) is 22.9. The lowest BCUT2D eigenvalue weighted by atomic mass is 9.89. The Morgan fingerprint density at radius 1 is 0.606 bits per heavy atom. The number of benzene rings is 2. The average molecular weight is 455 g/mol. The molecule has 0 aromatic heterocycles. The van der Waals surface area contributed by atoms with Crippen LogP contribution in [0.15, 0.2) is 24.3 Å². The minimum Gasteiger partial charge on any atom is -0.507 e. The molecule has 0 spiro atoms. The molecule has 186 valence electrons. The van der Waals surface area contributed by atoms with Gasteiger partial charge in [-0.2, -0.15) is 0 Å². The van der Waals surface area contributed by atoms with Crippen molar-refractivity contribution in [1.82, 2.24) is 0 Å². The normalized spacial score (nSPS) is 14.6. The molecule has 0 radical (unpaired) electrons. The van der Waals surface area contributed by atoms with Gasteiger partial charge in [0.25, 0.3) is 0 Å². The van der Waals surface area contributed by atoms with Crippen molar-refractivity contribution in [3.63, 3.8) is 0 Å². The largest absolute Gasteiger partial charge is 0.507 e. The van der Waals surface area contributed by atoms with E-state index in [-0.39, 0.29) is 0 Å². The first-order valence-electron chi connectivity index (χ1n) is 13.6. The molecule has 3 unspecified atom stereocenters. The summed E-state index contributed by atoms with van der Waals surface area (Å²) in [6.07, 6.45) is 14.0. The molecule has 0 fully saturated rings. The lowest BCUT2D eigenvalue weighted by Crippen LogP contribution is -2.03. The van der Waals surface area contributed by atoms with Gasteiger partial charge in [0.05, 0.1) is 0 Å². The number of phenols is 2. The fourth-order valence-corrected chi connectivity index (χ4v) is 5.21. The molecule has 0 heterocycles. The average Bonchev–Trinajstić information content (AvgIpc) is 2.77. The van der Waals surface area contributed by atoms with Crippen LogP contribution in [0.4, 0.5) is 0 Å². The Hall–Kier alpha value is -1.70. The van der Waals surface area contributed by atoms with Gasteiger partial charge in [0.15, 0.2) is 0 Å². The van der Waals surface area contributed by atoms with Gasteiger partial charge in [-0.15, -0.1) is 0 Å². The van der Waals surface area contributed by atoms with Crippen molar-refractivity contribution >= 4 is 10.8 Å². The first-order valence-corrected chi connectivity index (χ1v) is 13.6. The van der Waals surface area contributed by atoms with Crippen molar-refractivity contribution in [2.75, 3.05) is 0 Å². The maximum absolute atomic E-state index is 10.8. The highest BCUT2D eigenvalue weighted by atomic mass is 16.3. The quantitative estimate of drug-likeness (QED) is 0.263. The van der Waals surface area contributed by atoms with Crippen molar-refractivity contribution in [3.05, 3.63) is 35.4 Å². The van der Waals surface area contributed by atoms with Crippen molar-refractivity contribution in [2.24, 2.45) is 23.7 Å². The zero-order valence-electron chi connectivity index (χ0n) is 22.3. The maximum Gasteiger partial charge on any atom is 0.127 e. The van der Waals surface area contributed by atoms with E-state index < -0.39 is 0 Å². The lowest BCUT2D eigenvalue weighted by molar-refractivity contribution is 0.374. The van der Waals surface area contributed by atoms with Crippen molar-refractivity contribution < 1.29 is 10.2 Å². The molecule has 33 heavy (non-hydrogen) atoms. The molecule has 0 saturated carbocycles. The number of aromatic hydroxyl groups is 2. The van der Waals surface area contributed by atoms with E-state index in [1.54, 1.807) is 0 Å². The van der Waals surface area contributed by atoms with E-state index >= 15 is 0 Å². The van der Waals surface area contributed by atoms with Crippen LogP contribution >= 0.6 is 0 Å². The summed E-state index contributed by atoms with van der Waals surface area (Å²) in [6, 6.07) is 7.58. The van der Waals surface area contributed by atoms with Crippen LogP contribution in [-0.2, 0) is 6.42 Å². The van der Waals surface area contributed by atoms with Crippen molar-refractivity contribution in [3.8, 4) is 11.5 Å². The standard InChI is InChI=1S/C31H50O2/c1-22(2)12-9-13-23(3)14-10-15-24(4)16-11-17-25(5)20-21-27-26(6)30(32)28-18-7-8-19-29(28)31(27)33/h7-8,18-19,22-25,32-33H,9-17,20-21H2,1-6H3. The Kier molecular flexibility index (Phi) is 11.6. The zero-order chi connectivity index (χ0) is 24.4. The molecule has 2 aromatic carbocycles. The molecular formula is C31H50O2. The Balaban J connectivity index is 1.68. The number of hydrogen-bond donors (Lipinski definition) is 2. The molecule has 0 aliphatic heterocycles. The van der Waals surface area contributed by atoms with Gasteiger partial charge in [-0.05, 0) is 49.0 Å². The molecule has 0 aliphatic rings. The molecule has 0 saturated heterocycles. The number of fused-ring (bicyclic) bond motifs is 1. The van der Waals surface area contributed by atoms with Gasteiger partial charge in [-0.3, -0.25) is 0 Å². The third kappa shape index (κ3) is 8.87. The van der Waals surface area contributed by atoms with Gasteiger partial charge in [-0.25, -0.2) is 0 Å². The first kappa shape index (κ1) is 27.5. The third-order valence-electron chi connectivity index (χ3n) is 7.68. The van der Waals surface area contributed by atoms with Gasteiger partial charge >= 0.3 is 0 Å². The Bertz CT molecular complexity index is 838. The van der Waals surface area contributed by atoms with Gasteiger partial charge < -0.3 is 10.2 Å². The number of rotatable bonds is 15. The molecule has 0 aliphatic carbocycles. The van der Waals surface area contributed by atoms with E-state index in [1.807, 2.05) is 31.2 Å². The van der Waals surface area contributed by atoms with Crippen molar-refractivity contribution in [1.29, 1.82) is 0 Å². The molecule has 0 amide bonds. The second-order valence-electron chi connectivity index (χ2n) is 11.4. The fraction of sp³-hybridized carbons (Fsp3) is 0.677. The summed E-state index contributed by atoms with van der Waals surface area (Å²) < 4.78 is 0. The second kappa shape index (κ2) is 13.9. The summed E-state index contributed by atoms with van der Waals surface area (Å²) in [6.45, 7) is 13.8. The highest BCUT2D eigenvalue weighted by Crippen LogP contribution is 2.40. The minimum atomic E-state index is 0.314. The molecule has 2 rings (SSSR count). The van der Waals surface area contributed by atoms with Crippen LogP contribution < -0.4 is 0 Å². The highest BCUT2D eigenvalue weighted by molar-refractivity contribution is 5.95.